The van der Waals surface area contributed by atoms with Gasteiger partial charge in [0, 0.05) is 13.7 Å². The van der Waals surface area contributed by atoms with Gasteiger partial charge in [-0.1, -0.05) is 13.8 Å². The molecule has 0 radical (unpaired) electrons. The summed E-state index contributed by atoms with van der Waals surface area (Å²) in [5, 5.41) is 9.45. The number of nitrogens with one attached hydrogen (secondary N) is 1. The maximum Gasteiger partial charge on any atom is 0.240 e. The van der Waals surface area contributed by atoms with Crippen LogP contribution in [0.2, 0.25) is 0 Å². The molecule has 1 aromatic carbocycles. The maximum absolute atomic E-state index is 12.0. The van der Waals surface area contributed by atoms with E-state index in [-0.39, 0.29) is 18.0 Å². The Kier molecular flexibility index (Phi) is 7.10. The second-order valence-corrected chi connectivity index (χ2v) is 6.90. The Bertz CT molecular complexity index is 513. The van der Waals surface area contributed by atoms with E-state index in [0.717, 1.165) is 0 Å². The van der Waals surface area contributed by atoms with Gasteiger partial charge in [0.2, 0.25) is 10.0 Å². The highest BCUT2D eigenvalue weighted by molar-refractivity contribution is 7.89. The summed E-state index contributed by atoms with van der Waals surface area (Å²) in [6, 6.07) is 6.17. The molecule has 1 rings (SSSR count). The highest BCUT2D eigenvalue weighted by Crippen LogP contribution is 2.16. The summed E-state index contributed by atoms with van der Waals surface area (Å²) in [4.78, 5) is 0.129. The second kappa shape index (κ2) is 8.33. The summed E-state index contributed by atoms with van der Waals surface area (Å²) in [7, 11) is -2.20. The van der Waals surface area contributed by atoms with Gasteiger partial charge in [0.1, 0.15) is 5.75 Å². The first-order chi connectivity index (χ1) is 9.85. The molecule has 0 saturated carbocycles. The summed E-state index contributed by atoms with van der Waals surface area (Å²) < 4.78 is 36.6. The number of aliphatic hydroxyl groups excluding tert-OH is 1. The van der Waals surface area contributed by atoms with Crippen LogP contribution in [0, 0.1) is 5.92 Å². The van der Waals surface area contributed by atoms with E-state index in [0.29, 0.717) is 18.3 Å². The number of benzene rings is 1. The van der Waals surface area contributed by atoms with Gasteiger partial charge < -0.3 is 14.6 Å². The van der Waals surface area contributed by atoms with Gasteiger partial charge in [-0.15, -0.1) is 0 Å². The summed E-state index contributed by atoms with van der Waals surface area (Å²) >= 11 is 0. The lowest BCUT2D eigenvalue weighted by atomic mass is 10.2. The van der Waals surface area contributed by atoms with E-state index in [1.807, 2.05) is 13.8 Å². The van der Waals surface area contributed by atoms with Crippen LogP contribution >= 0.6 is 0 Å². The number of hydrogen-bond donors (Lipinski definition) is 2. The van der Waals surface area contributed by atoms with Crippen LogP contribution in [0.4, 0.5) is 0 Å². The highest BCUT2D eigenvalue weighted by Gasteiger charge is 2.15. The molecule has 0 bridgehead atoms. The van der Waals surface area contributed by atoms with E-state index in [1.165, 1.54) is 19.2 Å². The monoisotopic (exact) mass is 317 g/mol. The largest absolute Gasteiger partial charge is 0.493 e. The van der Waals surface area contributed by atoms with E-state index in [9.17, 15) is 13.5 Å². The van der Waals surface area contributed by atoms with Gasteiger partial charge in [0.15, 0.2) is 0 Å². The van der Waals surface area contributed by atoms with Crippen LogP contribution < -0.4 is 9.46 Å². The predicted octanol–water partition coefficient (Wildman–Crippen LogP) is 1.01. The minimum absolute atomic E-state index is 0.0739. The highest BCUT2D eigenvalue weighted by atomic mass is 32.2. The Hall–Kier alpha value is -1.15. The van der Waals surface area contributed by atoms with Gasteiger partial charge in [-0.05, 0) is 30.2 Å². The lowest BCUT2D eigenvalue weighted by molar-refractivity contribution is 0.0679. The fourth-order valence-electron chi connectivity index (χ4n) is 1.52. The first kappa shape index (κ1) is 17.9. The van der Waals surface area contributed by atoms with Crippen molar-refractivity contribution >= 4 is 10.0 Å². The van der Waals surface area contributed by atoms with Gasteiger partial charge in [-0.2, -0.15) is 0 Å². The molecule has 0 aliphatic carbocycles. The van der Waals surface area contributed by atoms with Crippen molar-refractivity contribution in [3.63, 3.8) is 0 Å². The lowest BCUT2D eigenvalue weighted by Crippen LogP contribution is -2.34. The Morgan fingerprint density at radius 1 is 1.19 bits per heavy atom. The number of rotatable bonds is 9. The van der Waals surface area contributed by atoms with Gasteiger partial charge in [-0.3, -0.25) is 0 Å². The third-order valence-corrected chi connectivity index (χ3v) is 4.02. The van der Waals surface area contributed by atoms with Crippen LogP contribution in [0.1, 0.15) is 13.8 Å². The fourth-order valence-corrected chi connectivity index (χ4v) is 2.59. The van der Waals surface area contributed by atoms with E-state index in [1.54, 1.807) is 12.1 Å². The Labute approximate surface area is 126 Å². The Morgan fingerprint density at radius 3 is 2.33 bits per heavy atom. The van der Waals surface area contributed by atoms with Crippen LogP contribution in [0.5, 0.6) is 5.75 Å². The molecule has 1 unspecified atom stereocenters. The molecular weight excluding hydrogens is 294 g/mol. The maximum atomic E-state index is 12.0. The van der Waals surface area contributed by atoms with E-state index < -0.39 is 16.1 Å². The van der Waals surface area contributed by atoms with Crippen molar-refractivity contribution in [2.24, 2.45) is 5.92 Å². The first-order valence-electron chi connectivity index (χ1n) is 6.74. The van der Waals surface area contributed by atoms with Crippen LogP contribution in [0.25, 0.3) is 0 Å². The smallest absolute Gasteiger partial charge is 0.240 e. The number of ether oxygens (including phenoxy) is 2. The van der Waals surface area contributed by atoms with Crippen LogP contribution in [0.3, 0.4) is 0 Å². The number of hydrogen-bond acceptors (Lipinski definition) is 5. The topological polar surface area (TPSA) is 84.9 Å². The molecule has 120 valence electrons. The van der Waals surface area contributed by atoms with Crippen molar-refractivity contribution in [3.8, 4) is 5.75 Å². The molecule has 21 heavy (non-hydrogen) atoms. The van der Waals surface area contributed by atoms with Crippen molar-refractivity contribution in [2.45, 2.75) is 24.8 Å². The summed E-state index contributed by atoms with van der Waals surface area (Å²) in [6.45, 7) is 4.63. The SMILES string of the molecule is COCC(O)CNS(=O)(=O)c1ccc(OCC(C)C)cc1. The average molecular weight is 317 g/mol. The summed E-state index contributed by atoms with van der Waals surface area (Å²) in [5.41, 5.74) is 0. The third kappa shape index (κ3) is 6.43. The number of aliphatic hydroxyl groups is 1. The van der Waals surface area contributed by atoms with Crippen LogP contribution in [-0.2, 0) is 14.8 Å². The molecule has 0 heterocycles. The number of sulfonamides is 1. The molecular formula is C14H23NO5S. The molecule has 2 N–H and O–H groups in total. The van der Waals surface area contributed by atoms with Gasteiger partial charge in [-0.25, -0.2) is 13.1 Å². The molecule has 1 atom stereocenters. The molecule has 0 saturated heterocycles. The van der Waals surface area contributed by atoms with Gasteiger partial charge in [0.25, 0.3) is 0 Å². The first-order valence-corrected chi connectivity index (χ1v) is 8.23. The molecule has 7 heteroatoms. The number of methoxy groups -OCH3 is 1. The quantitative estimate of drug-likeness (QED) is 0.710. The molecule has 0 aromatic heterocycles. The van der Waals surface area contributed by atoms with E-state index in [4.69, 9.17) is 9.47 Å². The minimum atomic E-state index is -3.64. The minimum Gasteiger partial charge on any atom is -0.493 e. The molecule has 0 aliphatic rings. The van der Waals surface area contributed by atoms with Crippen LogP contribution in [0.15, 0.2) is 29.2 Å². The molecule has 0 amide bonds. The predicted molar refractivity (Wildman–Crippen MR) is 79.8 cm³/mol. The lowest BCUT2D eigenvalue weighted by Gasteiger charge is -2.12. The third-order valence-electron chi connectivity index (χ3n) is 2.59. The van der Waals surface area contributed by atoms with Crippen molar-refractivity contribution < 1.29 is 23.0 Å². The van der Waals surface area contributed by atoms with E-state index in [2.05, 4.69) is 4.72 Å². The second-order valence-electron chi connectivity index (χ2n) is 5.14. The standard InChI is InChI=1S/C14H23NO5S/c1-11(2)9-20-13-4-6-14(7-5-13)21(17,18)15-8-12(16)10-19-3/h4-7,11-12,15-16H,8-10H2,1-3H3. The van der Waals surface area contributed by atoms with Crippen molar-refractivity contribution in [1.29, 1.82) is 0 Å². The van der Waals surface area contributed by atoms with Gasteiger partial charge >= 0.3 is 0 Å². The molecule has 0 fully saturated rings. The van der Waals surface area contributed by atoms with Crippen LogP contribution in [-0.4, -0.2) is 46.5 Å². The summed E-state index contributed by atoms with van der Waals surface area (Å²) in [5.74, 6) is 1.03. The van der Waals surface area contributed by atoms with Crippen molar-refractivity contribution in [2.75, 3.05) is 26.9 Å². The zero-order valence-corrected chi connectivity index (χ0v) is 13.4. The molecule has 0 spiro atoms. The van der Waals surface area contributed by atoms with Crippen molar-refractivity contribution in [1.82, 2.24) is 4.72 Å². The molecule has 6 nitrogen and oxygen atoms in total. The molecule has 0 aliphatic heterocycles. The fraction of sp³-hybridized carbons (Fsp3) is 0.571. The van der Waals surface area contributed by atoms with E-state index >= 15 is 0 Å². The Balaban J connectivity index is 2.62. The Morgan fingerprint density at radius 2 is 1.81 bits per heavy atom. The van der Waals surface area contributed by atoms with Crippen molar-refractivity contribution in [3.05, 3.63) is 24.3 Å². The van der Waals surface area contributed by atoms with Gasteiger partial charge in [0.05, 0.1) is 24.2 Å². The normalized spacial score (nSPS) is 13.4. The zero-order valence-electron chi connectivity index (χ0n) is 12.6. The average Bonchev–Trinajstić information content (AvgIpc) is 2.44. The zero-order chi connectivity index (χ0) is 15.9. The summed E-state index contributed by atoms with van der Waals surface area (Å²) in [6.07, 6.45) is -0.876. The molecule has 1 aromatic rings.